The van der Waals surface area contributed by atoms with Crippen molar-refractivity contribution in [2.75, 3.05) is 13.1 Å². The van der Waals surface area contributed by atoms with E-state index < -0.39 is 11.5 Å². The van der Waals surface area contributed by atoms with Gasteiger partial charge in [0.1, 0.15) is 5.56 Å². The van der Waals surface area contributed by atoms with Gasteiger partial charge in [0.25, 0.3) is 11.5 Å². The van der Waals surface area contributed by atoms with Crippen LogP contribution in [0.3, 0.4) is 0 Å². The molecule has 2 heterocycles. The number of H-pyrrole nitrogens is 1. The van der Waals surface area contributed by atoms with Gasteiger partial charge in [-0.3, -0.25) is 14.4 Å². The lowest BCUT2D eigenvalue weighted by atomic mass is 9.75. The van der Waals surface area contributed by atoms with Crippen molar-refractivity contribution in [3.05, 3.63) is 33.2 Å². The normalized spacial score (nSPS) is 21.8. The van der Waals surface area contributed by atoms with E-state index in [0.29, 0.717) is 30.6 Å². The Balaban J connectivity index is 0.00000208. The second kappa shape index (κ2) is 7.07. The molecule has 1 saturated heterocycles. The highest BCUT2D eigenvalue weighted by atomic mass is 35.5. The van der Waals surface area contributed by atoms with Gasteiger partial charge in [0.2, 0.25) is 0 Å². The van der Waals surface area contributed by atoms with Crippen molar-refractivity contribution in [2.45, 2.75) is 45.6 Å². The molecule has 1 aromatic heterocycles. The van der Waals surface area contributed by atoms with Crippen molar-refractivity contribution in [1.29, 1.82) is 0 Å². The van der Waals surface area contributed by atoms with E-state index in [2.05, 4.69) is 15.6 Å². The zero-order valence-electron chi connectivity index (χ0n) is 14.0. The van der Waals surface area contributed by atoms with Gasteiger partial charge in [0.15, 0.2) is 5.78 Å². The first-order chi connectivity index (χ1) is 10.9. The number of carbonyl (C=O) groups excluding carboxylic acids is 2. The second-order valence-corrected chi connectivity index (χ2v) is 7.35. The van der Waals surface area contributed by atoms with Gasteiger partial charge in [0, 0.05) is 30.3 Å². The van der Waals surface area contributed by atoms with Crippen LogP contribution in [0.5, 0.6) is 0 Å². The maximum Gasteiger partial charge on any atom is 0.261 e. The van der Waals surface area contributed by atoms with Gasteiger partial charge in [-0.2, -0.15) is 0 Å². The van der Waals surface area contributed by atoms with E-state index >= 15 is 0 Å². The Morgan fingerprint density at radius 3 is 2.75 bits per heavy atom. The number of amides is 1. The lowest BCUT2D eigenvalue weighted by molar-refractivity contribution is 0.0910. The molecule has 3 rings (SSSR count). The Morgan fingerprint density at radius 1 is 1.33 bits per heavy atom. The largest absolute Gasteiger partial charge is 0.350 e. The van der Waals surface area contributed by atoms with Crippen LogP contribution in [0.2, 0.25) is 0 Å². The highest BCUT2D eigenvalue weighted by Gasteiger charge is 2.32. The molecule has 1 aliphatic heterocycles. The number of ketones is 1. The monoisotopic (exact) mass is 353 g/mol. The molecule has 1 aliphatic carbocycles. The average Bonchev–Trinajstić information content (AvgIpc) is 2.96. The minimum absolute atomic E-state index is 0. The van der Waals surface area contributed by atoms with E-state index in [1.807, 2.05) is 13.8 Å². The molecule has 0 radical (unpaired) electrons. The van der Waals surface area contributed by atoms with Crippen LogP contribution >= 0.6 is 12.4 Å². The molecular formula is C17H24ClN3O3. The predicted molar refractivity (Wildman–Crippen MR) is 94.1 cm³/mol. The Bertz CT molecular complexity index is 706. The SMILES string of the molecule is CC1(C)CC(=O)c2cc(C(=O)NCC3CCCN3)c(=O)[nH]c2C1.Cl. The zero-order chi connectivity index (χ0) is 16.6. The number of hydrogen-bond acceptors (Lipinski definition) is 4. The van der Waals surface area contributed by atoms with Crippen LogP contribution in [0.1, 0.15) is 59.5 Å². The Kier molecular flexibility index (Phi) is 5.50. The third kappa shape index (κ3) is 3.87. The van der Waals surface area contributed by atoms with Crippen LogP contribution in [-0.4, -0.2) is 35.8 Å². The minimum Gasteiger partial charge on any atom is -0.350 e. The van der Waals surface area contributed by atoms with Gasteiger partial charge >= 0.3 is 0 Å². The first-order valence-corrected chi connectivity index (χ1v) is 8.17. The number of fused-ring (bicyclic) bond motifs is 1. The summed E-state index contributed by atoms with van der Waals surface area (Å²) in [6.07, 6.45) is 3.19. The number of pyridine rings is 1. The molecule has 24 heavy (non-hydrogen) atoms. The number of carbonyl (C=O) groups is 2. The Labute approximate surface area is 147 Å². The van der Waals surface area contributed by atoms with Crippen molar-refractivity contribution in [1.82, 2.24) is 15.6 Å². The van der Waals surface area contributed by atoms with Crippen molar-refractivity contribution in [3.63, 3.8) is 0 Å². The first kappa shape index (κ1) is 18.7. The van der Waals surface area contributed by atoms with Gasteiger partial charge in [-0.25, -0.2) is 0 Å². The maximum atomic E-state index is 12.3. The van der Waals surface area contributed by atoms with Crippen molar-refractivity contribution in [3.8, 4) is 0 Å². The van der Waals surface area contributed by atoms with Gasteiger partial charge in [-0.15, -0.1) is 12.4 Å². The summed E-state index contributed by atoms with van der Waals surface area (Å²) in [5.41, 5.74) is 0.560. The smallest absolute Gasteiger partial charge is 0.261 e. The quantitative estimate of drug-likeness (QED) is 0.766. The second-order valence-electron chi connectivity index (χ2n) is 7.35. The summed E-state index contributed by atoms with van der Waals surface area (Å²) in [4.78, 5) is 39.5. The van der Waals surface area contributed by atoms with Gasteiger partial charge in [-0.1, -0.05) is 13.8 Å². The molecule has 0 aromatic carbocycles. The number of nitrogens with one attached hydrogen (secondary N) is 3. The van der Waals surface area contributed by atoms with E-state index in [-0.39, 0.29) is 35.2 Å². The number of halogens is 1. The summed E-state index contributed by atoms with van der Waals surface area (Å²) < 4.78 is 0. The number of rotatable bonds is 3. The van der Waals surface area contributed by atoms with E-state index in [9.17, 15) is 14.4 Å². The van der Waals surface area contributed by atoms with E-state index in [0.717, 1.165) is 19.4 Å². The third-order valence-electron chi connectivity index (χ3n) is 4.63. The van der Waals surface area contributed by atoms with Crippen molar-refractivity contribution < 1.29 is 9.59 Å². The molecule has 1 amide bonds. The van der Waals surface area contributed by atoms with Crippen LogP contribution in [0, 0.1) is 5.41 Å². The van der Waals surface area contributed by atoms with Crippen LogP contribution in [-0.2, 0) is 6.42 Å². The van der Waals surface area contributed by atoms with E-state index in [1.54, 1.807) is 0 Å². The van der Waals surface area contributed by atoms with Gasteiger partial charge in [-0.05, 0) is 37.3 Å². The molecule has 1 aromatic rings. The lowest BCUT2D eigenvalue weighted by Gasteiger charge is -2.29. The number of aromatic nitrogens is 1. The minimum atomic E-state index is -0.425. The fourth-order valence-electron chi connectivity index (χ4n) is 3.44. The number of Topliss-reactive ketones (excluding diaryl/α,β-unsaturated/α-hetero) is 1. The molecule has 1 atom stereocenters. The molecule has 132 valence electrons. The van der Waals surface area contributed by atoms with Crippen molar-refractivity contribution >= 4 is 24.1 Å². The molecule has 1 unspecified atom stereocenters. The lowest BCUT2D eigenvalue weighted by Crippen LogP contribution is -2.40. The highest BCUT2D eigenvalue weighted by Crippen LogP contribution is 2.33. The van der Waals surface area contributed by atoms with E-state index in [4.69, 9.17) is 0 Å². The molecule has 7 heteroatoms. The first-order valence-electron chi connectivity index (χ1n) is 8.17. The summed E-state index contributed by atoms with van der Waals surface area (Å²) in [5.74, 6) is -0.431. The number of hydrogen-bond donors (Lipinski definition) is 3. The summed E-state index contributed by atoms with van der Waals surface area (Å²) in [6, 6.07) is 1.72. The highest BCUT2D eigenvalue weighted by molar-refractivity contribution is 6.02. The van der Waals surface area contributed by atoms with Gasteiger partial charge < -0.3 is 15.6 Å². The fourth-order valence-corrected chi connectivity index (χ4v) is 3.44. The van der Waals surface area contributed by atoms with Crippen LogP contribution in [0.4, 0.5) is 0 Å². The maximum absolute atomic E-state index is 12.3. The summed E-state index contributed by atoms with van der Waals surface area (Å²) in [6.45, 7) is 5.46. The molecular weight excluding hydrogens is 330 g/mol. The summed E-state index contributed by atoms with van der Waals surface area (Å²) >= 11 is 0. The summed E-state index contributed by atoms with van der Waals surface area (Å²) in [7, 11) is 0. The number of aromatic amines is 1. The molecule has 0 bridgehead atoms. The topological polar surface area (TPSA) is 91.1 Å². The molecule has 2 aliphatic rings. The average molecular weight is 354 g/mol. The fraction of sp³-hybridized carbons (Fsp3) is 0.588. The molecule has 1 fully saturated rings. The van der Waals surface area contributed by atoms with Crippen LogP contribution < -0.4 is 16.2 Å². The molecule has 0 spiro atoms. The van der Waals surface area contributed by atoms with Crippen LogP contribution in [0.25, 0.3) is 0 Å². The Morgan fingerprint density at radius 2 is 2.08 bits per heavy atom. The van der Waals surface area contributed by atoms with Gasteiger partial charge in [0.05, 0.1) is 0 Å². The van der Waals surface area contributed by atoms with E-state index in [1.165, 1.54) is 6.07 Å². The molecule has 6 nitrogen and oxygen atoms in total. The zero-order valence-corrected chi connectivity index (χ0v) is 14.8. The standard InChI is InChI=1S/C17H23N3O3.ClH/c1-17(2)7-13-11(14(21)8-17)6-12(16(23)20-13)15(22)19-9-10-4-3-5-18-10;/h6,10,18H,3-5,7-9H2,1-2H3,(H,19,22)(H,20,23);1H. The van der Waals surface area contributed by atoms with Crippen LogP contribution in [0.15, 0.2) is 10.9 Å². The van der Waals surface area contributed by atoms with Crippen molar-refractivity contribution in [2.24, 2.45) is 5.41 Å². The summed E-state index contributed by atoms with van der Waals surface area (Å²) in [5, 5.41) is 6.08. The predicted octanol–water partition coefficient (Wildman–Crippen LogP) is 1.43. The molecule has 0 saturated carbocycles. The Hall–Kier alpha value is -1.66. The third-order valence-corrected chi connectivity index (χ3v) is 4.63. The molecule has 3 N–H and O–H groups in total.